The van der Waals surface area contributed by atoms with Crippen molar-refractivity contribution in [1.29, 1.82) is 0 Å². The molecule has 0 unspecified atom stereocenters. The summed E-state index contributed by atoms with van der Waals surface area (Å²) in [6, 6.07) is 6.78. The number of aromatic nitrogens is 1. The van der Waals surface area contributed by atoms with E-state index in [0.29, 0.717) is 23.6 Å². The summed E-state index contributed by atoms with van der Waals surface area (Å²) < 4.78 is 44.4. The zero-order valence-corrected chi connectivity index (χ0v) is 11.7. The molecule has 2 aromatic rings. The summed E-state index contributed by atoms with van der Waals surface area (Å²) >= 11 is 0. The molecule has 0 atom stereocenters. The third kappa shape index (κ3) is 3.72. The maximum absolute atomic E-state index is 13.0. The van der Waals surface area contributed by atoms with Crippen LogP contribution < -0.4 is 10.1 Å². The molecule has 6 heteroatoms. The van der Waals surface area contributed by atoms with Crippen molar-refractivity contribution in [3.63, 3.8) is 0 Å². The van der Waals surface area contributed by atoms with Crippen molar-refractivity contribution < 1.29 is 17.9 Å². The molecule has 0 fully saturated rings. The molecule has 0 bridgehead atoms. The van der Waals surface area contributed by atoms with Crippen LogP contribution in [0.15, 0.2) is 36.5 Å². The fraction of sp³-hybridized carbons (Fsp3) is 0.267. The van der Waals surface area contributed by atoms with Gasteiger partial charge in [0.25, 0.3) is 0 Å². The zero-order chi connectivity index (χ0) is 15.5. The number of benzene rings is 1. The van der Waals surface area contributed by atoms with Gasteiger partial charge >= 0.3 is 6.18 Å². The van der Waals surface area contributed by atoms with E-state index in [9.17, 15) is 13.2 Å². The highest BCUT2D eigenvalue weighted by atomic mass is 19.4. The highest BCUT2D eigenvalue weighted by molar-refractivity contribution is 5.42. The van der Waals surface area contributed by atoms with Crippen molar-refractivity contribution in [2.24, 2.45) is 0 Å². The number of para-hydroxylation sites is 1. The normalized spacial score (nSPS) is 11.5. The average Bonchev–Trinajstić information content (AvgIpc) is 2.41. The van der Waals surface area contributed by atoms with Gasteiger partial charge in [-0.3, -0.25) is 4.98 Å². The van der Waals surface area contributed by atoms with Crippen molar-refractivity contribution in [3.05, 3.63) is 53.3 Å². The molecule has 2 rings (SSSR count). The van der Waals surface area contributed by atoms with Crippen LogP contribution >= 0.6 is 0 Å². The Morgan fingerprint density at radius 1 is 1.19 bits per heavy atom. The Balaban J connectivity index is 2.41. The highest BCUT2D eigenvalue weighted by Gasteiger charge is 2.34. The van der Waals surface area contributed by atoms with Gasteiger partial charge in [0.15, 0.2) is 0 Å². The van der Waals surface area contributed by atoms with Gasteiger partial charge in [0.05, 0.1) is 5.56 Å². The van der Waals surface area contributed by atoms with E-state index in [2.05, 4.69) is 10.3 Å². The van der Waals surface area contributed by atoms with Gasteiger partial charge < -0.3 is 10.1 Å². The number of nitrogens with one attached hydrogen (secondary N) is 1. The van der Waals surface area contributed by atoms with Crippen LogP contribution in [0.1, 0.15) is 16.8 Å². The Morgan fingerprint density at radius 2 is 1.90 bits per heavy atom. The van der Waals surface area contributed by atoms with E-state index in [-0.39, 0.29) is 5.75 Å². The largest absolute Gasteiger partial charge is 0.456 e. The SMILES string of the molecule is CNCc1cnc(C)cc1Oc1ccccc1C(F)(F)F. The lowest BCUT2D eigenvalue weighted by molar-refractivity contribution is -0.138. The van der Waals surface area contributed by atoms with Crippen LogP contribution in [0.25, 0.3) is 0 Å². The van der Waals surface area contributed by atoms with Crippen molar-refractivity contribution in [2.75, 3.05) is 7.05 Å². The molecule has 0 saturated carbocycles. The van der Waals surface area contributed by atoms with Crippen LogP contribution in [-0.2, 0) is 12.7 Å². The maximum Gasteiger partial charge on any atom is 0.419 e. The van der Waals surface area contributed by atoms with Crippen molar-refractivity contribution in [3.8, 4) is 11.5 Å². The van der Waals surface area contributed by atoms with Crippen molar-refractivity contribution in [1.82, 2.24) is 10.3 Å². The second-order valence-corrected chi connectivity index (χ2v) is 4.56. The molecule has 1 N–H and O–H groups in total. The Kier molecular flexibility index (Phi) is 4.47. The number of halogens is 3. The third-order valence-corrected chi connectivity index (χ3v) is 2.86. The molecular weight excluding hydrogens is 281 g/mol. The zero-order valence-electron chi connectivity index (χ0n) is 11.7. The van der Waals surface area contributed by atoms with E-state index < -0.39 is 11.7 Å². The fourth-order valence-electron chi connectivity index (χ4n) is 1.89. The molecule has 0 aliphatic heterocycles. The molecule has 0 amide bonds. The molecule has 0 aliphatic carbocycles. The number of ether oxygens (including phenoxy) is 1. The fourth-order valence-corrected chi connectivity index (χ4v) is 1.89. The van der Waals surface area contributed by atoms with Gasteiger partial charge in [0.1, 0.15) is 11.5 Å². The van der Waals surface area contributed by atoms with Gasteiger partial charge in [-0.15, -0.1) is 0 Å². The maximum atomic E-state index is 13.0. The minimum absolute atomic E-state index is 0.215. The first-order valence-corrected chi connectivity index (χ1v) is 6.36. The molecule has 21 heavy (non-hydrogen) atoms. The lowest BCUT2D eigenvalue weighted by atomic mass is 10.2. The quantitative estimate of drug-likeness (QED) is 0.928. The third-order valence-electron chi connectivity index (χ3n) is 2.86. The standard InChI is InChI=1S/C15H15F3N2O/c1-10-7-14(11(8-19-2)9-20-10)21-13-6-4-3-5-12(13)15(16,17)18/h3-7,9,19H,8H2,1-2H3. The minimum atomic E-state index is -4.46. The van der Waals surface area contributed by atoms with Crippen LogP contribution in [0.2, 0.25) is 0 Å². The van der Waals surface area contributed by atoms with Gasteiger partial charge in [-0.25, -0.2) is 0 Å². The smallest absolute Gasteiger partial charge is 0.419 e. The van der Waals surface area contributed by atoms with Crippen LogP contribution in [0.3, 0.4) is 0 Å². The van der Waals surface area contributed by atoms with E-state index >= 15 is 0 Å². The first kappa shape index (κ1) is 15.3. The van der Waals surface area contributed by atoms with Gasteiger partial charge in [-0.2, -0.15) is 13.2 Å². The monoisotopic (exact) mass is 296 g/mol. The lowest BCUT2D eigenvalue weighted by Crippen LogP contribution is -2.09. The van der Waals surface area contributed by atoms with Crippen LogP contribution in [-0.4, -0.2) is 12.0 Å². The molecule has 112 valence electrons. The number of nitrogens with zero attached hydrogens (tertiary/aromatic N) is 1. The highest BCUT2D eigenvalue weighted by Crippen LogP contribution is 2.38. The summed E-state index contributed by atoms with van der Waals surface area (Å²) in [5.41, 5.74) is 0.573. The predicted octanol–water partition coefficient (Wildman–Crippen LogP) is 3.92. The van der Waals surface area contributed by atoms with Gasteiger partial charge in [0.2, 0.25) is 0 Å². The molecule has 0 aliphatic rings. The average molecular weight is 296 g/mol. The summed E-state index contributed by atoms with van der Waals surface area (Å²) in [6.07, 6.45) is -2.86. The van der Waals surface area contributed by atoms with E-state index in [1.54, 1.807) is 26.2 Å². The second kappa shape index (κ2) is 6.13. The van der Waals surface area contributed by atoms with Crippen molar-refractivity contribution >= 4 is 0 Å². The van der Waals surface area contributed by atoms with Crippen LogP contribution in [0, 0.1) is 6.92 Å². The van der Waals surface area contributed by atoms with Gasteiger partial charge in [-0.05, 0) is 26.1 Å². The molecule has 0 radical (unpaired) electrons. The number of aryl methyl sites for hydroxylation is 1. The van der Waals surface area contributed by atoms with Gasteiger partial charge in [-0.1, -0.05) is 12.1 Å². The van der Waals surface area contributed by atoms with E-state index in [1.807, 2.05) is 0 Å². The topological polar surface area (TPSA) is 34.2 Å². The number of alkyl halides is 3. The summed E-state index contributed by atoms with van der Waals surface area (Å²) in [5, 5.41) is 2.93. The predicted molar refractivity (Wildman–Crippen MR) is 73.3 cm³/mol. The first-order chi connectivity index (χ1) is 9.91. The summed E-state index contributed by atoms with van der Waals surface area (Å²) in [4.78, 5) is 4.13. The molecule has 0 spiro atoms. The summed E-state index contributed by atoms with van der Waals surface area (Å²) in [5.74, 6) is 0.154. The number of hydrogen-bond acceptors (Lipinski definition) is 3. The van der Waals surface area contributed by atoms with Crippen LogP contribution in [0.5, 0.6) is 11.5 Å². The minimum Gasteiger partial charge on any atom is -0.456 e. The number of hydrogen-bond donors (Lipinski definition) is 1. The Bertz CT molecular complexity index is 627. The van der Waals surface area contributed by atoms with E-state index in [4.69, 9.17) is 4.74 Å². The molecular formula is C15H15F3N2O. The summed E-state index contributed by atoms with van der Waals surface area (Å²) in [7, 11) is 1.74. The van der Waals surface area contributed by atoms with E-state index in [0.717, 1.165) is 6.07 Å². The number of rotatable bonds is 4. The van der Waals surface area contributed by atoms with E-state index in [1.165, 1.54) is 18.2 Å². The van der Waals surface area contributed by atoms with Crippen molar-refractivity contribution in [2.45, 2.75) is 19.6 Å². The Labute approximate surface area is 120 Å². The molecule has 1 heterocycles. The second-order valence-electron chi connectivity index (χ2n) is 4.56. The Hall–Kier alpha value is -2.08. The lowest BCUT2D eigenvalue weighted by Gasteiger charge is -2.15. The molecule has 1 aromatic carbocycles. The molecule has 1 aromatic heterocycles. The molecule has 3 nitrogen and oxygen atoms in total. The Morgan fingerprint density at radius 3 is 2.57 bits per heavy atom. The van der Waals surface area contributed by atoms with Gasteiger partial charge in [0, 0.05) is 30.1 Å². The van der Waals surface area contributed by atoms with Crippen LogP contribution in [0.4, 0.5) is 13.2 Å². The molecule has 0 saturated heterocycles. The number of pyridine rings is 1. The summed E-state index contributed by atoms with van der Waals surface area (Å²) in [6.45, 7) is 2.21. The first-order valence-electron chi connectivity index (χ1n) is 6.36.